The van der Waals surface area contributed by atoms with Gasteiger partial charge in [0.15, 0.2) is 5.82 Å². The summed E-state index contributed by atoms with van der Waals surface area (Å²) in [5, 5.41) is 9.65. The quantitative estimate of drug-likeness (QED) is 0.705. The highest BCUT2D eigenvalue weighted by Crippen LogP contribution is 2.10. The number of aryl methyl sites for hydroxylation is 1. The van der Waals surface area contributed by atoms with Crippen LogP contribution in [0.2, 0.25) is 0 Å². The highest BCUT2D eigenvalue weighted by Gasteiger charge is 2.20. The van der Waals surface area contributed by atoms with E-state index in [9.17, 15) is 4.79 Å². The number of amides is 1. The van der Waals surface area contributed by atoms with Crippen molar-refractivity contribution in [3.05, 3.63) is 11.8 Å². The smallest absolute Gasteiger partial charge is 0.242 e. The number of carbonyl (C=O) groups excluding carboxylic acids is 1. The van der Waals surface area contributed by atoms with Crippen LogP contribution in [0.15, 0.2) is 6.07 Å². The molecule has 1 unspecified atom stereocenters. The molecule has 5 nitrogen and oxygen atoms in total. The van der Waals surface area contributed by atoms with Crippen molar-refractivity contribution in [3.8, 4) is 0 Å². The average molecular weight is 238 g/mol. The molecule has 96 valence electrons. The highest BCUT2D eigenvalue weighted by molar-refractivity contribution is 5.94. The molecule has 1 amide bonds. The number of carbonyl (C=O) groups is 1. The van der Waals surface area contributed by atoms with Crippen molar-refractivity contribution >= 4 is 11.7 Å². The van der Waals surface area contributed by atoms with Crippen LogP contribution < -0.4 is 11.1 Å². The minimum absolute atomic E-state index is 0.170. The number of nitrogens with one attached hydrogen (secondary N) is 2. The van der Waals surface area contributed by atoms with Gasteiger partial charge >= 0.3 is 0 Å². The van der Waals surface area contributed by atoms with E-state index in [1.165, 1.54) is 0 Å². The van der Waals surface area contributed by atoms with Crippen LogP contribution in [0, 0.1) is 5.92 Å². The summed E-state index contributed by atoms with van der Waals surface area (Å²) in [5.74, 6) is 0.551. The topological polar surface area (TPSA) is 83.8 Å². The van der Waals surface area contributed by atoms with Gasteiger partial charge in [-0.3, -0.25) is 9.89 Å². The molecule has 2 atom stereocenters. The lowest BCUT2D eigenvalue weighted by Crippen LogP contribution is -2.40. The van der Waals surface area contributed by atoms with Crippen molar-refractivity contribution < 1.29 is 4.79 Å². The zero-order valence-corrected chi connectivity index (χ0v) is 10.8. The first-order valence-electron chi connectivity index (χ1n) is 6.19. The zero-order chi connectivity index (χ0) is 12.8. The molecular weight excluding hydrogens is 216 g/mol. The van der Waals surface area contributed by atoms with E-state index in [2.05, 4.69) is 22.4 Å². The summed E-state index contributed by atoms with van der Waals surface area (Å²) in [6.45, 7) is 6.08. The van der Waals surface area contributed by atoms with Crippen molar-refractivity contribution in [2.75, 3.05) is 5.32 Å². The maximum Gasteiger partial charge on any atom is 0.242 e. The third kappa shape index (κ3) is 3.85. The van der Waals surface area contributed by atoms with Gasteiger partial charge in [-0.1, -0.05) is 33.6 Å². The van der Waals surface area contributed by atoms with Crippen molar-refractivity contribution in [1.29, 1.82) is 0 Å². The molecule has 0 aliphatic heterocycles. The van der Waals surface area contributed by atoms with Crippen LogP contribution in [-0.2, 0) is 11.2 Å². The molecule has 0 aromatic carbocycles. The number of hydrogen-bond donors (Lipinski definition) is 3. The van der Waals surface area contributed by atoms with Gasteiger partial charge in [0.2, 0.25) is 5.91 Å². The van der Waals surface area contributed by atoms with Gasteiger partial charge in [0.05, 0.1) is 6.04 Å². The lowest BCUT2D eigenvalue weighted by molar-refractivity contribution is -0.118. The Morgan fingerprint density at radius 3 is 2.88 bits per heavy atom. The lowest BCUT2D eigenvalue weighted by atomic mass is 9.99. The van der Waals surface area contributed by atoms with Crippen LogP contribution in [0.25, 0.3) is 0 Å². The summed E-state index contributed by atoms with van der Waals surface area (Å²) in [6, 6.07) is 1.37. The van der Waals surface area contributed by atoms with E-state index in [4.69, 9.17) is 5.73 Å². The first-order valence-corrected chi connectivity index (χ1v) is 6.19. The van der Waals surface area contributed by atoms with E-state index < -0.39 is 6.04 Å². The Kier molecular flexibility index (Phi) is 5.15. The van der Waals surface area contributed by atoms with Crippen LogP contribution in [0.4, 0.5) is 5.82 Å². The summed E-state index contributed by atoms with van der Waals surface area (Å²) in [7, 11) is 0. The molecule has 0 bridgehead atoms. The summed E-state index contributed by atoms with van der Waals surface area (Å²) >= 11 is 0. The van der Waals surface area contributed by atoms with Gasteiger partial charge < -0.3 is 11.1 Å². The number of nitrogens with two attached hydrogens (primary N) is 1. The van der Waals surface area contributed by atoms with Crippen LogP contribution in [0.1, 0.15) is 39.3 Å². The van der Waals surface area contributed by atoms with Gasteiger partial charge in [0.1, 0.15) is 0 Å². The number of nitrogens with zero attached hydrogens (tertiary/aromatic N) is 1. The Morgan fingerprint density at radius 1 is 1.59 bits per heavy atom. The molecule has 0 saturated carbocycles. The number of H-pyrrole nitrogens is 1. The number of aromatic amines is 1. The van der Waals surface area contributed by atoms with Gasteiger partial charge in [-0.25, -0.2) is 0 Å². The molecule has 1 aromatic rings. The van der Waals surface area contributed by atoms with E-state index in [0.717, 1.165) is 25.0 Å². The van der Waals surface area contributed by atoms with Gasteiger partial charge in [0, 0.05) is 11.8 Å². The number of hydrogen-bond acceptors (Lipinski definition) is 3. The van der Waals surface area contributed by atoms with Crippen molar-refractivity contribution in [2.45, 2.75) is 46.1 Å². The van der Waals surface area contributed by atoms with E-state index in [1.807, 2.05) is 19.9 Å². The van der Waals surface area contributed by atoms with Gasteiger partial charge in [-0.05, 0) is 12.3 Å². The Bertz CT molecular complexity index is 361. The van der Waals surface area contributed by atoms with E-state index in [1.54, 1.807) is 0 Å². The second-order valence-corrected chi connectivity index (χ2v) is 4.43. The number of aromatic nitrogens is 2. The minimum Gasteiger partial charge on any atom is -0.320 e. The molecule has 0 radical (unpaired) electrons. The third-order valence-corrected chi connectivity index (χ3v) is 2.96. The second kappa shape index (κ2) is 6.39. The van der Waals surface area contributed by atoms with Crippen LogP contribution in [-0.4, -0.2) is 22.1 Å². The molecule has 5 heteroatoms. The van der Waals surface area contributed by atoms with Gasteiger partial charge in [-0.15, -0.1) is 0 Å². The highest BCUT2D eigenvalue weighted by atomic mass is 16.2. The summed E-state index contributed by atoms with van der Waals surface area (Å²) in [4.78, 5) is 11.8. The molecule has 1 heterocycles. The van der Waals surface area contributed by atoms with Crippen molar-refractivity contribution in [3.63, 3.8) is 0 Å². The first-order chi connectivity index (χ1) is 8.08. The summed E-state index contributed by atoms with van der Waals surface area (Å²) in [5.41, 5.74) is 6.86. The first kappa shape index (κ1) is 13.7. The lowest BCUT2D eigenvalue weighted by Gasteiger charge is -2.16. The van der Waals surface area contributed by atoms with Gasteiger partial charge in [0.25, 0.3) is 0 Å². The fraction of sp³-hybridized carbons (Fsp3) is 0.667. The molecule has 0 aliphatic rings. The third-order valence-electron chi connectivity index (χ3n) is 2.96. The largest absolute Gasteiger partial charge is 0.320 e. The molecule has 0 aliphatic carbocycles. The molecule has 0 spiro atoms. The fourth-order valence-electron chi connectivity index (χ4n) is 1.54. The molecule has 0 fully saturated rings. The number of rotatable bonds is 6. The molecule has 0 saturated heterocycles. The molecule has 4 N–H and O–H groups in total. The molecule has 17 heavy (non-hydrogen) atoms. The standard InChI is InChI=1S/C12H22N4O/c1-4-6-9-7-10(16-15-9)14-12(17)11(13)8(3)5-2/h7-8,11H,4-6,13H2,1-3H3,(H2,14,15,16,17)/t8?,11-/m0/s1. The van der Waals surface area contributed by atoms with E-state index in [0.29, 0.717) is 5.82 Å². The normalized spacial score (nSPS) is 14.4. The minimum atomic E-state index is -0.480. The molecular formula is C12H22N4O. The Morgan fingerprint density at radius 2 is 2.29 bits per heavy atom. The van der Waals surface area contributed by atoms with Crippen molar-refractivity contribution in [2.24, 2.45) is 11.7 Å². The Labute approximate surface area is 102 Å². The predicted molar refractivity (Wildman–Crippen MR) is 68.6 cm³/mol. The number of anilines is 1. The monoisotopic (exact) mass is 238 g/mol. The summed E-state index contributed by atoms with van der Waals surface area (Å²) < 4.78 is 0. The summed E-state index contributed by atoms with van der Waals surface area (Å²) in [6.07, 6.45) is 2.86. The zero-order valence-electron chi connectivity index (χ0n) is 10.8. The second-order valence-electron chi connectivity index (χ2n) is 4.43. The van der Waals surface area contributed by atoms with Crippen LogP contribution in [0.3, 0.4) is 0 Å². The van der Waals surface area contributed by atoms with Crippen LogP contribution >= 0.6 is 0 Å². The SMILES string of the molecule is CCCc1cc(NC(=O)[C@@H](N)C(C)CC)n[nH]1. The fourth-order valence-corrected chi connectivity index (χ4v) is 1.54. The molecule has 1 rings (SSSR count). The van der Waals surface area contributed by atoms with Gasteiger partial charge in [-0.2, -0.15) is 5.10 Å². The average Bonchev–Trinajstić information content (AvgIpc) is 2.75. The maximum atomic E-state index is 11.8. The maximum absolute atomic E-state index is 11.8. The molecule has 1 aromatic heterocycles. The Balaban J connectivity index is 2.55. The van der Waals surface area contributed by atoms with E-state index >= 15 is 0 Å². The van der Waals surface area contributed by atoms with Crippen molar-refractivity contribution in [1.82, 2.24) is 10.2 Å². The van der Waals surface area contributed by atoms with E-state index in [-0.39, 0.29) is 11.8 Å². The Hall–Kier alpha value is -1.36. The predicted octanol–water partition coefficient (Wildman–Crippen LogP) is 1.67. The van der Waals surface area contributed by atoms with Crippen LogP contribution in [0.5, 0.6) is 0 Å².